The van der Waals surface area contributed by atoms with Gasteiger partial charge in [0.2, 0.25) is 0 Å². The Labute approximate surface area is 228 Å². The highest BCUT2D eigenvalue weighted by Gasteiger charge is 2.81. The van der Waals surface area contributed by atoms with Gasteiger partial charge in [0.25, 0.3) is 0 Å². The molecule has 1 saturated carbocycles. The van der Waals surface area contributed by atoms with Crippen LogP contribution in [0.5, 0.6) is 17.2 Å². The number of benzene rings is 1. The molecule has 7 heteroatoms. The Kier molecular flexibility index (Phi) is 5.47. The molecule has 7 rings (SSSR count). The molecule has 2 fully saturated rings. The molecule has 3 heterocycles. The minimum Gasteiger partial charge on any atom is -0.506 e. The van der Waals surface area contributed by atoms with Gasteiger partial charge < -0.3 is 24.4 Å². The quantitative estimate of drug-likeness (QED) is 0.513. The van der Waals surface area contributed by atoms with Gasteiger partial charge in [0.15, 0.2) is 22.8 Å². The standard InChI is InChI=1S/C32H36O7/c1-7-8-9-20-26-19(11-12-29(3,4)37-26)24(34)23-25(35)21-14-18-15-22-30(5,6)39-31(28(18)36,13-10-17(2)16-33)32(21,22)38-27(20)23/h7-8,10-12,14,18,22,33-34H,9,13,15-16H2,1-6H3/b8-7-,17-10+/t18?,22?,31-,32-/m1/s1. The monoisotopic (exact) mass is 532 g/mol. The van der Waals surface area contributed by atoms with Crippen molar-refractivity contribution >= 4 is 17.6 Å². The molecule has 0 amide bonds. The number of ether oxygens (including phenoxy) is 3. The van der Waals surface area contributed by atoms with Crippen molar-refractivity contribution in [2.45, 2.75) is 83.2 Å². The normalized spacial score (nSPS) is 32.9. The van der Waals surface area contributed by atoms with Gasteiger partial charge in [0, 0.05) is 29.4 Å². The highest BCUT2D eigenvalue weighted by atomic mass is 16.6. The number of ketones is 2. The molecular weight excluding hydrogens is 496 g/mol. The van der Waals surface area contributed by atoms with Crippen molar-refractivity contribution in [3.63, 3.8) is 0 Å². The van der Waals surface area contributed by atoms with Crippen LogP contribution in [-0.2, 0) is 16.0 Å². The number of carbonyl (C=O) groups excluding carboxylic acids is 2. The van der Waals surface area contributed by atoms with Crippen LogP contribution < -0.4 is 9.47 Å². The van der Waals surface area contributed by atoms with Crippen LogP contribution in [0.2, 0.25) is 0 Å². The van der Waals surface area contributed by atoms with E-state index in [4.69, 9.17) is 14.2 Å². The molecule has 206 valence electrons. The summed E-state index contributed by atoms with van der Waals surface area (Å²) >= 11 is 0. The molecule has 7 nitrogen and oxygen atoms in total. The topological polar surface area (TPSA) is 102 Å². The Morgan fingerprint density at radius 3 is 2.59 bits per heavy atom. The predicted octanol–water partition coefficient (Wildman–Crippen LogP) is 5.03. The third kappa shape index (κ3) is 3.23. The summed E-state index contributed by atoms with van der Waals surface area (Å²) in [5.74, 6) is -0.668. The van der Waals surface area contributed by atoms with Gasteiger partial charge in [-0.05, 0) is 66.5 Å². The van der Waals surface area contributed by atoms with Crippen molar-refractivity contribution in [1.29, 1.82) is 0 Å². The van der Waals surface area contributed by atoms with Crippen LogP contribution in [0, 0.1) is 11.8 Å². The van der Waals surface area contributed by atoms with Crippen molar-refractivity contribution in [1.82, 2.24) is 0 Å². The third-order valence-electron chi connectivity index (χ3n) is 9.17. The number of fused-ring (bicyclic) bond motifs is 2. The van der Waals surface area contributed by atoms with Gasteiger partial charge in [-0.1, -0.05) is 29.9 Å². The number of aromatic hydroxyl groups is 1. The van der Waals surface area contributed by atoms with Crippen LogP contribution in [0.3, 0.4) is 0 Å². The first kappa shape index (κ1) is 26.1. The van der Waals surface area contributed by atoms with E-state index in [9.17, 15) is 19.8 Å². The van der Waals surface area contributed by atoms with E-state index in [-0.39, 0.29) is 47.6 Å². The first-order valence-corrected chi connectivity index (χ1v) is 13.7. The molecule has 1 aromatic carbocycles. The Balaban J connectivity index is 1.66. The second-order valence-corrected chi connectivity index (χ2v) is 12.5. The number of aliphatic hydroxyl groups is 1. The number of rotatable bonds is 5. The first-order valence-electron chi connectivity index (χ1n) is 13.7. The molecule has 3 aliphatic carbocycles. The minimum atomic E-state index is -1.44. The minimum absolute atomic E-state index is 0.104. The number of phenols is 1. The molecule has 4 bridgehead atoms. The lowest BCUT2D eigenvalue weighted by molar-refractivity contribution is -0.171. The maximum absolute atomic E-state index is 14.5. The predicted molar refractivity (Wildman–Crippen MR) is 146 cm³/mol. The molecule has 2 N–H and O–H groups in total. The number of phenolic OH excluding ortho intramolecular Hbond substituents is 1. The maximum Gasteiger partial charge on any atom is 0.200 e. The van der Waals surface area contributed by atoms with E-state index in [0.717, 1.165) is 0 Å². The van der Waals surface area contributed by atoms with Crippen LogP contribution in [0.1, 0.15) is 75.9 Å². The molecular formula is C32H36O7. The fraction of sp³-hybridized carbons (Fsp3) is 0.500. The van der Waals surface area contributed by atoms with Gasteiger partial charge >= 0.3 is 0 Å². The Morgan fingerprint density at radius 2 is 1.90 bits per heavy atom. The number of allylic oxidation sites excluding steroid dienone is 3. The number of Topliss-reactive ketones (excluding diaryl/α,β-unsaturated/α-hetero) is 2. The SMILES string of the molecule is C/C=C\Cc1c2c(c(O)c3c1O[C@]14C(=CC5CC1C(C)(C)O[C@]4(C/C=C(\C)CO)C5=O)C3=O)C=CC(C)(C)O2. The summed E-state index contributed by atoms with van der Waals surface area (Å²) in [5, 5.41) is 21.2. The van der Waals surface area contributed by atoms with Crippen LogP contribution in [0.4, 0.5) is 0 Å². The highest BCUT2D eigenvalue weighted by molar-refractivity contribution is 6.19. The summed E-state index contributed by atoms with van der Waals surface area (Å²) in [6.45, 7) is 11.3. The summed E-state index contributed by atoms with van der Waals surface area (Å²) in [5.41, 5.74) is -1.90. The molecule has 1 saturated heterocycles. The van der Waals surface area contributed by atoms with Gasteiger partial charge in [-0.2, -0.15) is 0 Å². The molecule has 3 aliphatic heterocycles. The van der Waals surface area contributed by atoms with Crippen molar-refractivity contribution in [2.75, 3.05) is 6.61 Å². The van der Waals surface area contributed by atoms with Crippen LogP contribution in [0.15, 0.2) is 41.5 Å². The molecule has 0 aromatic heterocycles. The van der Waals surface area contributed by atoms with Crippen molar-refractivity contribution in [3.05, 3.63) is 58.2 Å². The smallest absolute Gasteiger partial charge is 0.200 e. The lowest BCUT2D eigenvalue weighted by Gasteiger charge is -2.56. The summed E-state index contributed by atoms with van der Waals surface area (Å²) in [4.78, 5) is 28.6. The summed E-state index contributed by atoms with van der Waals surface area (Å²) < 4.78 is 20.1. The van der Waals surface area contributed by atoms with Crippen molar-refractivity contribution in [2.24, 2.45) is 11.8 Å². The molecule has 0 radical (unpaired) electrons. The van der Waals surface area contributed by atoms with E-state index in [1.807, 2.05) is 58.9 Å². The first-order chi connectivity index (χ1) is 18.3. The average Bonchev–Trinajstić information content (AvgIpc) is 3.03. The zero-order valence-electron chi connectivity index (χ0n) is 23.4. The van der Waals surface area contributed by atoms with Gasteiger partial charge in [0.1, 0.15) is 28.4 Å². The second kappa shape index (κ2) is 8.18. The summed E-state index contributed by atoms with van der Waals surface area (Å²) in [7, 11) is 0. The number of hydrogen-bond acceptors (Lipinski definition) is 7. The lowest BCUT2D eigenvalue weighted by atomic mass is 9.51. The van der Waals surface area contributed by atoms with E-state index >= 15 is 0 Å². The van der Waals surface area contributed by atoms with Gasteiger partial charge in [0.05, 0.1) is 17.8 Å². The fourth-order valence-corrected chi connectivity index (χ4v) is 7.37. The van der Waals surface area contributed by atoms with E-state index < -0.39 is 28.3 Å². The van der Waals surface area contributed by atoms with Crippen LogP contribution in [-0.4, -0.2) is 50.8 Å². The van der Waals surface area contributed by atoms with Crippen LogP contribution in [0.25, 0.3) is 6.08 Å². The number of hydrogen-bond donors (Lipinski definition) is 2. The van der Waals surface area contributed by atoms with E-state index in [1.165, 1.54) is 0 Å². The average molecular weight is 533 g/mol. The summed E-state index contributed by atoms with van der Waals surface area (Å²) in [6, 6.07) is 0. The Hall–Kier alpha value is -3.16. The second-order valence-electron chi connectivity index (χ2n) is 12.5. The maximum atomic E-state index is 14.5. The highest BCUT2D eigenvalue weighted by Crippen LogP contribution is 2.68. The lowest BCUT2D eigenvalue weighted by Crippen LogP contribution is -2.72. The fourth-order valence-electron chi connectivity index (χ4n) is 7.37. The zero-order valence-corrected chi connectivity index (χ0v) is 23.4. The Morgan fingerprint density at radius 1 is 1.15 bits per heavy atom. The molecule has 2 unspecified atom stereocenters. The van der Waals surface area contributed by atoms with E-state index in [2.05, 4.69) is 0 Å². The molecule has 1 aromatic rings. The largest absolute Gasteiger partial charge is 0.506 e. The third-order valence-corrected chi connectivity index (χ3v) is 9.17. The van der Waals surface area contributed by atoms with E-state index in [0.29, 0.717) is 40.9 Å². The van der Waals surface area contributed by atoms with Gasteiger partial charge in [-0.3, -0.25) is 9.59 Å². The van der Waals surface area contributed by atoms with Crippen molar-refractivity contribution < 1.29 is 34.0 Å². The van der Waals surface area contributed by atoms with Crippen molar-refractivity contribution in [3.8, 4) is 17.2 Å². The zero-order chi connectivity index (χ0) is 28.1. The molecule has 6 aliphatic rings. The molecule has 1 spiro atoms. The van der Waals surface area contributed by atoms with E-state index in [1.54, 1.807) is 19.1 Å². The summed E-state index contributed by atoms with van der Waals surface area (Å²) in [6.07, 6.45) is 12.2. The molecule has 4 atom stereocenters. The van der Waals surface area contributed by atoms with Gasteiger partial charge in [-0.25, -0.2) is 0 Å². The Bertz CT molecular complexity index is 1440. The van der Waals surface area contributed by atoms with Gasteiger partial charge in [-0.15, -0.1) is 0 Å². The van der Waals surface area contributed by atoms with Crippen LogP contribution >= 0.6 is 0 Å². The number of aliphatic hydroxyl groups excluding tert-OH is 1. The molecule has 39 heavy (non-hydrogen) atoms. The number of carbonyl (C=O) groups is 2.